The predicted octanol–water partition coefficient (Wildman–Crippen LogP) is -1.16. The van der Waals surface area contributed by atoms with Gasteiger partial charge >= 0.3 is 5.97 Å². The van der Waals surface area contributed by atoms with Gasteiger partial charge < -0.3 is 32.5 Å². The van der Waals surface area contributed by atoms with Crippen molar-refractivity contribution in [3.05, 3.63) is 0 Å². The number of hydrogen-bond donors (Lipinski definition) is 6. The molecule has 0 aromatic heterocycles. The van der Waals surface area contributed by atoms with Crippen LogP contribution in [0.2, 0.25) is 0 Å². The summed E-state index contributed by atoms with van der Waals surface area (Å²) in [5.74, 6) is -4.23. The van der Waals surface area contributed by atoms with Crippen LogP contribution in [0.1, 0.15) is 53.9 Å². The largest absolute Gasteiger partial charge is 0.480 e. The molecule has 172 valence electrons. The lowest BCUT2D eigenvalue weighted by Crippen LogP contribution is -2.59. The zero-order valence-corrected chi connectivity index (χ0v) is 18.2. The molecule has 0 spiro atoms. The molecule has 0 radical (unpaired) electrons. The first-order valence-electron chi connectivity index (χ1n) is 9.99. The molecular weight excluding hydrogens is 394 g/mol. The Kier molecular flexibility index (Phi) is 11.6. The third-order valence-corrected chi connectivity index (χ3v) is 4.81. The average Bonchev–Trinajstić information content (AvgIpc) is 2.66. The van der Waals surface area contributed by atoms with E-state index in [2.05, 4.69) is 16.0 Å². The van der Waals surface area contributed by atoms with E-state index >= 15 is 0 Å². The van der Waals surface area contributed by atoms with E-state index in [-0.39, 0.29) is 24.7 Å². The Morgan fingerprint density at radius 2 is 1.37 bits per heavy atom. The standard InChI is InChI=1S/C19H35N5O6/c1-6-10(4)15(18(28)22-11(5)19(29)30)24-17(27)14(9(2)3)23-16(26)12(20)7-8-13(21)25/h9-12,14-15H,6-8,20H2,1-5H3,(H2,21,25)(H,22,28)(H,23,26)(H,24,27)(H,29,30). The molecule has 8 N–H and O–H groups in total. The van der Waals surface area contributed by atoms with Crippen molar-refractivity contribution in [2.45, 2.75) is 78.0 Å². The van der Waals surface area contributed by atoms with Gasteiger partial charge in [-0.1, -0.05) is 34.1 Å². The molecule has 5 unspecified atom stereocenters. The molecule has 0 aromatic rings. The lowest BCUT2D eigenvalue weighted by Gasteiger charge is -2.29. The Bertz CT molecular complexity index is 639. The van der Waals surface area contributed by atoms with Gasteiger partial charge in [-0.3, -0.25) is 24.0 Å². The number of carbonyl (C=O) groups is 5. The summed E-state index contributed by atoms with van der Waals surface area (Å²) < 4.78 is 0. The highest BCUT2D eigenvalue weighted by molar-refractivity contribution is 5.94. The summed E-state index contributed by atoms with van der Waals surface area (Å²) in [5, 5.41) is 16.5. The van der Waals surface area contributed by atoms with E-state index in [0.29, 0.717) is 6.42 Å². The quantitative estimate of drug-likeness (QED) is 0.212. The number of aliphatic carboxylic acids is 1. The molecule has 0 saturated heterocycles. The van der Waals surface area contributed by atoms with Crippen molar-refractivity contribution in [2.24, 2.45) is 23.3 Å². The fourth-order valence-electron chi connectivity index (χ4n) is 2.53. The highest BCUT2D eigenvalue weighted by Gasteiger charge is 2.33. The van der Waals surface area contributed by atoms with Crippen LogP contribution in [0.25, 0.3) is 0 Å². The smallest absolute Gasteiger partial charge is 0.325 e. The van der Waals surface area contributed by atoms with Crippen LogP contribution in [0.5, 0.6) is 0 Å². The molecule has 0 saturated carbocycles. The molecule has 0 bridgehead atoms. The summed E-state index contributed by atoms with van der Waals surface area (Å²) in [6, 6.07) is -4.10. The van der Waals surface area contributed by atoms with E-state index in [1.165, 1.54) is 6.92 Å². The van der Waals surface area contributed by atoms with Gasteiger partial charge in [-0.2, -0.15) is 0 Å². The molecule has 0 aromatic carbocycles. The lowest BCUT2D eigenvalue weighted by atomic mass is 9.96. The van der Waals surface area contributed by atoms with E-state index < -0.39 is 53.8 Å². The SMILES string of the molecule is CCC(C)C(NC(=O)C(NC(=O)C(N)CCC(N)=O)C(C)C)C(=O)NC(C)C(=O)O. The summed E-state index contributed by atoms with van der Waals surface area (Å²) >= 11 is 0. The van der Waals surface area contributed by atoms with Crippen LogP contribution in [-0.4, -0.2) is 58.9 Å². The number of nitrogens with one attached hydrogen (secondary N) is 3. The molecule has 11 nitrogen and oxygen atoms in total. The van der Waals surface area contributed by atoms with Crippen molar-refractivity contribution in [1.82, 2.24) is 16.0 Å². The molecule has 0 heterocycles. The molecule has 4 amide bonds. The molecule has 30 heavy (non-hydrogen) atoms. The minimum atomic E-state index is -1.20. The Hall–Kier alpha value is -2.69. The number of carboxylic acids is 1. The van der Waals surface area contributed by atoms with Crippen LogP contribution in [0.15, 0.2) is 0 Å². The van der Waals surface area contributed by atoms with Gasteiger partial charge in [0.05, 0.1) is 6.04 Å². The van der Waals surface area contributed by atoms with Crippen molar-refractivity contribution in [3.63, 3.8) is 0 Å². The van der Waals surface area contributed by atoms with Crippen molar-refractivity contribution in [3.8, 4) is 0 Å². The highest BCUT2D eigenvalue weighted by Crippen LogP contribution is 2.11. The Morgan fingerprint density at radius 1 is 0.867 bits per heavy atom. The van der Waals surface area contributed by atoms with Gasteiger partial charge in [0.25, 0.3) is 0 Å². The number of primary amides is 1. The Labute approximate surface area is 176 Å². The van der Waals surface area contributed by atoms with Gasteiger partial charge in [0, 0.05) is 6.42 Å². The molecule has 0 aliphatic heterocycles. The van der Waals surface area contributed by atoms with Gasteiger partial charge in [-0.05, 0) is 25.2 Å². The second-order valence-corrected chi connectivity index (χ2v) is 7.78. The zero-order chi connectivity index (χ0) is 23.6. The normalized spacial score (nSPS) is 16.0. The average molecular weight is 430 g/mol. The van der Waals surface area contributed by atoms with Crippen LogP contribution in [0.3, 0.4) is 0 Å². The number of rotatable bonds is 13. The van der Waals surface area contributed by atoms with Crippen LogP contribution < -0.4 is 27.4 Å². The Morgan fingerprint density at radius 3 is 1.80 bits per heavy atom. The van der Waals surface area contributed by atoms with E-state index in [0.717, 1.165) is 0 Å². The summed E-state index contributed by atoms with van der Waals surface area (Å²) in [4.78, 5) is 59.5. The van der Waals surface area contributed by atoms with Crippen LogP contribution in [0.4, 0.5) is 0 Å². The molecule has 5 atom stereocenters. The first-order chi connectivity index (χ1) is 13.8. The van der Waals surface area contributed by atoms with Gasteiger partial charge in [-0.15, -0.1) is 0 Å². The van der Waals surface area contributed by atoms with E-state index in [9.17, 15) is 24.0 Å². The third kappa shape index (κ3) is 9.21. The Balaban J connectivity index is 5.29. The maximum Gasteiger partial charge on any atom is 0.325 e. The number of carbonyl (C=O) groups excluding carboxylic acids is 4. The molecule has 0 aliphatic rings. The van der Waals surface area contributed by atoms with E-state index in [1.54, 1.807) is 20.8 Å². The monoisotopic (exact) mass is 429 g/mol. The minimum absolute atomic E-state index is 0.0403. The van der Waals surface area contributed by atoms with Gasteiger partial charge in [0.15, 0.2) is 0 Å². The predicted molar refractivity (Wildman–Crippen MR) is 110 cm³/mol. The lowest BCUT2D eigenvalue weighted by molar-refractivity contribution is -0.142. The molecule has 0 rings (SSSR count). The second kappa shape index (κ2) is 12.8. The van der Waals surface area contributed by atoms with Crippen molar-refractivity contribution in [1.29, 1.82) is 0 Å². The molecular formula is C19H35N5O6. The fraction of sp³-hybridized carbons (Fsp3) is 0.737. The van der Waals surface area contributed by atoms with Crippen LogP contribution in [0, 0.1) is 11.8 Å². The maximum absolute atomic E-state index is 12.8. The van der Waals surface area contributed by atoms with E-state index in [4.69, 9.17) is 16.6 Å². The number of nitrogens with two attached hydrogens (primary N) is 2. The summed E-state index contributed by atoms with van der Waals surface area (Å²) in [6.45, 7) is 8.32. The fourth-order valence-corrected chi connectivity index (χ4v) is 2.53. The zero-order valence-electron chi connectivity index (χ0n) is 18.2. The number of amides is 4. The molecule has 0 fully saturated rings. The van der Waals surface area contributed by atoms with Crippen molar-refractivity contribution in [2.75, 3.05) is 0 Å². The summed E-state index contributed by atoms with van der Waals surface area (Å²) in [7, 11) is 0. The van der Waals surface area contributed by atoms with Crippen molar-refractivity contribution >= 4 is 29.6 Å². The first kappa shape index (κ1) is 27.3. The van der Waals surface area contributed by atoms with Gasteiger partial charge in [0.1, 0.15) is 18.1 Å². The van der Waals surface area contributed by atoms with Gasteiger partial charge in [0.2, 0.25) is 23.6 Å². The van der Waals surface area contributed by atoms with Gasteiger partial charge in [-0.25, -0.2) is 0 Å². The van der Waals surface area contributed by atoms with Crippen LogP contribution in [-0.2, 0) is 24.0 Å². The molecule has 0 aliphatic carbocycles. The highest BCUT2D eigenvalue weighted by atomic mass is 16.4. The number of hydrogen-bond acceptors (Lipinski definition) is 6. The second-order valence-electron chi connectivity index (χ2n) is 7.78. The van der Waals surface area contributed by atoms with E-state index in [1.807, 2.05) is 6.92 Å². The first-order valence-corrected chi connectivity index (χ1v) is 9.99. The molecule has 11 heteroatoms. The topological polar surface area (TPSA) is 194 Å². The maximum atomic E-state index is 12.8. The van der Waals surface area contributed by atoms with Crippen molar-refractivity contribution < 1.29 is 29.1 Å². The number of carboxylic acid groups (broad SMARTS) is 1. The summed E-state index contributed by atoms with van der Waals surface area (Å²) in [6.07, 6.45) is 0.528. The third-order valence-electron chi connectivity index (χ3n) is 4.81. The van der Waals surface area contributed by atoms with Crippen LogP contribution >= 0.6 is 0 Å². The summed E-state index contributed by atoms with van der Waals surface area (Å²) in [5.41, 5.74) is 10.8. The minimum Gasteiger partial charge on any atom is -0.480 e.